The molecule has 0 bridgehead atoms. The van der Waals surface area contributed by atoms with Crippen molar-refractivity contribution in [3.8, 4) is 0 Å². The first-order valence-corrected chi connectivity index (χ1v) is 10.8. The third-order valence-electron chi connectivity index (χ3n) is 4.35. The molecule has 4 amide bonds. The van der Waals surface area contributed by atoms with Gasteiger partial charge < -0.3 is 20.7 Å². The second-order valence-corrected chi connectivity index (χ2v) is 8.24. The highest BCUT2D eigenvalue weighted by atomic mass is 32.1. The molecule has 0 unspecified atom stereocenters. The molecule has 10 nitrogen and oxygen atoms in total. The number of nitrogens with zero attached hydrogens (tertiary/aromatic N) is 2. The lowest BCUT2D eigenvalue weighted by molar-refractivity contribution is -0.139. The van der Waals surface area contributed by atoms with E-state index in [-0.39, 0.29) is 46.4 Å². The highest BCUT2D eigenvalue weighted by Crippen LogP contribution is 2.07. The molecule has 11 heteroatoms. The molecule has 1 aromatic carbocycles. The maximum Gasteiger partial charge on any atom is 0.408 e. The van der Waals surface area contributed by atoms with Crippen molar-refractivity contribution in [3.05, 3.63) is 48.0 Å². The number of nitrogens with two attached hydrogens (primary N) is 1. The van der Waals surface area contributed by atoms with Gasteiger partial charge in [-0.2, -0.15) is 13.5 Å². The van der Waals surface area contributed by atoms with Crippen LogP contribution in [0.5, 0.6) is 0 Å². The van der Waals surface area contributed by atoms with E-state index in [2.05, 4.69) is 10.7 Å². The Kier molecular flexibility index (Phi) is 17.8. The monoisotopic (exact) mass is 511 g/mol. The Hall–Kier alpha value is -3.05. The molecule has 0 fully saturated rings. The predicted octanol–water partition coefficient (Wildman–Crippen LogP) is 1.93. The fourth-order valence-electron chi connectivity index (χ4n) is 2.72. The normalized spacial score (nSPS) is 11.3. The molecule has 0 saturated heterocycles. The molecule has 0 saturated carbocycles. The van der Waals surface area contributed by atoms with E-state index in [1.807, 2.05) is 63.2 Å². The number of carbonyl (C=O) groups is 4. The summed E-state index contributed by atoms with van der Waals surface area (Å²) in [5, 5.41) is 3.58. The third kappa shape index (κ3) is 15.5. The quantitative estimate of drug-likeness (QED) is 0.290. The Morgan fingerprint density at radius 2 is 1.74 bits per heavy atom. The van der Waals surface area contributed by atoms with Gasteiger partial charge in [-0.05, 0) is 32.0 Å². The lowest BCUT2D eigenvalue weighted by atomic mass is 10.0. The first kappa shape index (κ1) is 34.1. The van der Waals surface area contributed by atoms with E-state index in [0.29, 0.717) is 13.0 Å². The average Bonchev–Trinajstić information content (AvgIpc) is 2.74. The summed E-state index contributed by atoms with van der Waals surface area (Å²) in [7, 11) is 3.70. The summed E-state index contributed by atoms with van der Waals surface area (Å²) >= 11 is 0. The van der Waals surface area contributed by atoms with Crippen LogP contribution in [0.2, 0.25) is 0 Å². The highest BCUT2D eigenvalue weighted by molar-refractivity contribution is 7.59. The molecule has 1 aromatic rings. The standard InChI is InChI=1S/C23H35N5O5.CH4.H2S/c1-17(2)15-19(25-23(32)33-16-18-9-6-5-7-10-18)22(31)26-28(14-12-20(24)29)21(30)11-8-13-27(3)4;;/h5-11,17,19H,12-16H2,1-4H3,(H2,24,29)(H,25,32)(H,26,31);1H4;1H2/b11-8+;;/t19-;;/m0../s1. The van der Waals surface area contributed by atoms with Crippen LogP contribution in [0.15, 0.2) is 42.5 Å². The number of hydrazine groups is 1. The number of hydrogen-bond acceptors (Lipinski definition) is 6. The topological polar surface area (TPSA) is 134 Å². The highest BCUT2D eigenvalue weighted by Gasteiger charge is 2.25. The number of likely N-dealkylation sites (N-methyl/N-ethyl adjacent to an activating group) is 1. The number of benzene rings is 1. The zero-order chi connectivity index (χ0) is 24.8. The van der Waals surface area contributed by atoms with Gasteiger partial charge in [0.05, 0.1) is 6.54 Å². The van der Waals surface area contributed by atoms with Crippen molar-refractivity contribution < 1.29 is 23.9 Å². The Balaban J connectivity index is 0. The van der Waals surface area contributed by atoms with Crippen molar-refractivity contribution in [1.82, 2.24) is 20.7 Å². The van der Waals surface area contributed by atoms with Crippen molar-refractivity contribution in [2.24, 2.45) is 11.7 Å². The van der Waals surface area contributed by atoms with Crippen molar-refractivity contribution in [2.45, 2.75) is 46.8 Å². The van der Waals surface area contributed by atoms with Crippen molar-refractivity contribution >= 4 is 37.3 Å². The predicted molar refractivity (Wildman–Crippen MR) is 141 cm³/mol. The minimum Gasteiger partial charge on any atom is -0.445 e. The number of amides is 4. The molecule has 4 N–H and O–H groups in total. The fraction of sp³-hybridized carbons (Fsp3) is 0.500. The maximum absolute atomic E-state index is 12.9. The number of nitrogens with one attached hydrogen (secondary N) is 2. The van der Waals surface area contributed by atoms with Crippen molar-refractivity contribution in [2.75, 3.05) is 27.2 Å². The largest absolute Gasteiger partial charge is 0.445 e. The van der Waals surface area contributed by atoms with Crippen LogP contribution in [0.4, 0.5) is 4.79 Å². The van der Waals surface area contributed by atoms with Gasteiger partial charge in [0, 0.05) is 19.0 Å². The number of alkyl carbamates (subject to hydrolysis) is 1. The molecule has 0 heterocycles. The lowest BCUT2D eigenvalue weighted by Crippen LogP contribution is -2.54. The van der Waals surface area contributed by atoms with Crippen LogP contribution in [0.3, 0.4) is 0 Å². The van der Waals surface area contributed by atoms with Crippen LogP contribution in [0, 0.1) is 5.92 Å². The van der Waals surface area contributed by atoms with Crippen molar-refractivity contribution in [3.63, 3.8) is 0 Å². The Morgan fingerprint density at radius 3 is 2.29 bits per heavy atom. The summed E-state index contributed by atoms with van der Waals surface area (Å²) in [5.41, 5.74) is 8.50. The van der Waals surface area contributed by atoms with Gasteiger partial charge in [0.2, 0.25) is 5.91 Å². The summed E-state index contributed by atoms with van der Waals surface area (Å²) in [6.45, 7) is 4.28. The van der Waals surface area contributed by atoms with E-state index >= 15 is 0 Å². The lowest BCUT2D eigenvalue weighted by Gasteiger charge is -2.26. The van der Waals surface area contributed by atoms with Crippen LogP contribution in [-0.2, 0) is 25.7 Å². The van der Waals surface area contributed by atoms with Crippen LogP contribution < -0.4 is 16.5 Å². The molecular weight excluding hydrogens is 470 g/mol. The van der Waals surface area contributed by atoms with Gasteiger partial charge in [-0.25, -0.2) is 9.80 Å². The van der Waals surface area contributed by atoms with Gasteiger partial charge in [0.1, 0.15) is 12.6 Å². The zero-order valence-corrected chi connectivity index (χ0v) is 21.2. The summed E-state index contributed by atoms with van der Waals surface area (Å²) in [6, 6.07) is 8.21. The van der Waals surface area contributed by atoms with E-state index in [4.69, 9.17) is 10.5 Å². The zero-order valence-electron chi connectivity index (χ0n) is 20.2. The number of primary amides is 1. The summed E-state index contributed by atoms with van der Waals surface area (Å²) in [4.78, 5) is 50.8. The molecule has 1 atom stereocenters. The molecule has 198 valence electrons. The minimum atomic E-state index is -0.942. The number of ether oxygens (including phenoxy) is 1. The second-order valence-electron chi connectivity index (χ2n) is 8.24. The molecule has 0 spiro atoms. The Labute approximate surface area is 215 Å². The van der Waals surface area contributed by atoms with Crippen LogP contribution in [0.25, 0.3) is 0 Å². The number of rotatable bonds is 12. The smallest absolute Gasteiger partial charge is 0.408 e. The first-order valence-electron chi connectivity index (χ1n) is 10.8. The maximum atomic E-state index is 12.9. The molecular formula is C24H41N5O5S. The molecule has 0 aromatic heterocycles. The van der Waals surface area contributed by atoms with Gasteiger partial charge >= 0.3 is 6.09 Å². The minimum absolute atomic E-state index is 0. The summed E-state index contributed by atoms with van der Waals surface area (Å²) < 4.78 is 5.21. The van der Waals surface area contributed by atoms with Gasteiger partial charge in [0.25, 0.3) is 11.8 Å². The van der Waals surface area contributed by atoms with E-state index in [9.17, 15) is 19.2 Å². The van der Waals surface area contributed by atoms with Gasteiger partial charge in [-0.15, -0.1) is 0 Å². The Morgan fingerprint density at radius 1 is 1.11 bits per heavy atom. The van der Waals surface area contributed by atoms with E-state index in [0.717, 1.165) is 10.6 Å². The Bertz CT molecular complexity index is 818. The van der Waals surface area contributed by atoms with Gasteiger partial charge in [-0.3, -0.25) is 19.8 Å². The SMILES string of the molecule is C.CC(C)C[C@H](NC(=O)OCc1ccccc1)C(=O)NN(CCC(N)=O)C(=O)/C=C/CN(C)C.S. The van der Waals surface area contributed by atoms with E-state index in [1.165, 1.54) is 6.08 Å². The summed E-state index contributed by atoms with van der Waals surface area (Å²) in [5.74, 6) is -1.65. The van der Waals surface area contributed by atoms with E-state index in [1.54, 1.807) is 6.08 Å². The molecule has 0 radical (unpaired) electrons. The van der Waals surface area contributed by atoms with Gasteiger partial charge in [0.15, 0.2) is 0 Å². The van der Waals surface area contributed by atoms with Crippen molar-refractivity contribution in [1.29, 1.82) is 0 Å². The van der Waals surface area contributed by atoms with Crippen LogP contribution in [-0.4, -0.2) is 67.0 Å². The number of carbonyl (C=O) groups excluding carboxylic acids is 4. The molecule has 0 aliphatic rings. The fourth-order valence-corrected chi connectivity index (χ4v) is 2.72. The first-order chi connectivity index (χ1) is 15.6. The van der Waals surface area contributed by atoms with E-state index < -0.39 is 29.9 Å². The van der Waals surface area contributed by atoms with Crippen LogP contribution in [0.1, 0.15) is 39.7 Å². The molecule has 35 heavy (non-hydrogen) atoms. The average molecular weight is 512 g/mol. The molecule has 0 aliphatic carbocycles. The molecule has 0 aliphatic heterocycles. The second kappa shape index (κ2) is 18.3. The third-order valence-corrected chi connectivity index (χ3v) is 4.35. The van der Waals surface area contributed by atoms with Gasteiger partial charge in [-0.1, -0.05) is 57.7 Å². The number of hydrogen-bond donors (Lipinski definition) is 3. The molecule has 1 rings (SSSR count). The summed E-state index contributed by atoms with van der Waals surface area (Å²) in [6.07, 6.45) is 2.38. The van der Waals surface area contributed by atoms with Crippen LogP contribution >= 0.6 is 13.5 Å².